The second-order valence-electron chi connectivity index (χ2n) is 10.2. The first-order valence-electron chi connectivity index (χ1n) is 12.7. The summed E-state index contributed by atoms with van der Waals surface area (Å²) < 4.78 is 6.35. The summed E-state index contributed by atoms with van der Waals surface area (Å²) in [7, 11) is 2.21. The van der Waals surface area contributed by atoms with E-state index in [1.54, 1.807) is 6.20 Å². The number of halogens is 1. The molecule has 8 heteroatoms. The fourth-order valence-corrected chi connectivity index (χ4v) is 6.06. The standard InChI is InChI=1S/C27H32ClN5O2/c1-31-8-4-18(5-9-31)17-32-10-12-33(13-11-32)27(34)24-15-19-14-20(28)16-23(25(19)35-24)21-2-6-29-26-22(21)3-7-30-26/h2-3,6-7,14,16,18,24H,4-5,8-13,15,17H2,1H3,(H,29,30)/t24-/m0/s1. The van der Waals surface area contributed by atoms with Crippen molar-refractivity contribution in [2.24, 2.45) is 5.92 Å². The van der Waals surface area contributed by atoms with E-state index in [1.165, 1.54) is 25.9 Å². The Balaban J connectivity index is 1.13. The van der Waals surface area contributed by atoms with E-state index in [9.17, 15) is 4.79 Å². The number of piperazine rings is 1. The number of carbonyl (C=O) groups is 1. The molecule has 0 aliphatic carbocycles. The van der Waals surface area contributed by atoms with Crippen LogP contribution >= 0.6 is 11.6 Å². The molecule has 184 valence electrons. The van der Waals surface area contributed by atoms with E-state index >= 15 is 0 Å². The summed E-state index contributed by atoms with van der Waals surface area (Å²) in [6, 6.07) is 7.84. The highest BCUT2D eigenvalue weighted by Gasteiger charge is 2.36. The van der Waals surface area contributed by atoms with Crippen molar-refractivity contribution in [2.45, 2.75) is 25.4 Å². The van der Waals surface area contributed by atoms with Gasteiger partial charge < -0.3 is 19.5 Å². The number of carbonyl (C=O) groups excluding carboxylic acids is 1. The van der Waals surface area contributed by atoms with Crippen LogP contribution < -0.4 is 4.74 Å². The van der Waals surface area contributed by atoms with E-state index in [-0.39, 0.29) is 5.91 Å². The molecule has 0 unspecified atom stereocenters. The predicted octanol–water partition coefficient (Wildman–Crippen LogP) is 3.67. The second kappa shape index (κ2) is 9.45. The summed E-state index contributed by atoms with van der Waals surface area (Å²) in [6.07, 6.45) is 6.28. The molecule has 1 aromatic carbocycles. The van der Waals surface area contributed by atoms with Crippen molar-refractivity contribution >= 4 is 28.5 Å². The van der Waals surface area contributed by atoms with Gasteiger partial charge in [0.05, 0.1) is 0 Å². The van der Waals surface area contributed by atoms with Crippen LogP contribution in [0.3, 0.4) is 0 Å². The first kappa shape index (κ1) is 22.8. The summed E-state index contributed by atoms with van der Waals surface area (Å²) in [5.74, 6) is 1.63. The molecule has 0 bridgehead atoms. The number of aromatic nitrogens is 2. The van der Waals surface area contributed by atoms with Crippen molar-refractivity contribution in [3.8, 4) is 16.9 Å². The Hall–Kier alpha value is -2.61. The molecule has 2 aromatic heterocycles. The third kappa shape index (κ3) is 4.53. The second-order valence-corrected chi connectivity index (χ2v) is 10.7. The van der Waals surface area contributed by atoms with E-state index in [2.05, 4.69) is 26.8 Å². The van der Waals surface area contributed by atoms with Crippen LogP contribution in [0.25, 0.3) is 22.2 Å². The van der Waals surface area contributed by atoms with Crippen molar-refractivity contribution in [3.05, 3.63) is 47.2 Å². The third-order valence-corrected chi connectivity index (χ3v) is 8.08. The number of H-pyrrole nitrogens is 1. The van der Waals surface area contributed by atoms with Gasteiger partial charge in [-0.2, -0.15) is 0 Å². The molecule has 1 atom stereocenters. The fraction of sp³-hybridized carbons (Fsp3) is 0.481. The van der Waals surface area contributed by atoms with Crippen LogP contribution in [0, 0.1) is 5.92 Å². The largest absolute Gasteiger partial charge is 0.479 e. The van der Waals surface area contributed by atoms with Gasteiger partial charge in [-0.05, 0) is 68.7 Å². The Morgan fingerprint density at radius 3 is 2.71 bits per heavy atom. The SMILES string of the molecule is CN1CCC(CN2CCN(C(=O)[C@@H]3Cc4cc(Cl)cc(-c5ccnc6[nH]ccc56)c4O3)CC2)CC1. The van der Waals surface area contributed by atoms with Gasteiger partial charge in [0.15, 0.2) is 6.10 Å². The van der Waals surface area contributed by atoms with Gasteiger partial charge in [-0.25, -0.2) is 4.98 Å². The van der Waals surface area contributed by atoms with Gasteiger partial charge in [-0.15, -0.1) is 0 Å². The predicted molar refractivity (Wildman–Crippen MR) is 138 cm³/mol. The number of rotatable bonds is 4. The number of nitrogens with zero attached hydrogens (tertiary/aromatic N) is 4. The molecule has 3 aromatic rings. The highest BCUT2D eigenvalue weighted by molar-refractivity contribution is 6.31. The fourth-order valence-electron chi connectivity index (χ4n) is 5.82. The molecule has 0 spiro atoms. The van der Waals surface area contributed by atoms with Crippen molar-refractivity contribution in [2.75, 3.05) is 52.9 Å². The highest BCUT2D eigenvalue weighted by atomic mass is 35.5. The molecular formula is C27H32ClN5O2. The lowest BCUT2D eigenvalue weighted by Crippen LogP contribution is -2.53. The molecule has 3 aliphatic heterocycles. The topological polar surface area (TPSA) is 64.7 Å². The Kier molecular flexibility index (Phi) is 6.16. The van der Waals surface area contributed by atoms with Gasteiger partial charge in [0.25, 0.3) is 5.91 Å². The minimum Gasteiger partial charge on any atom is -0.479 e. The normalized spacial score (nSPS) is 21.9. The number of aromatic amines is 1. The van der Waals surface area contributed by atoms with Crippen LogP contribution in [-0.2, 0) is 11.2 Å². The molecule has 7 nitrogen and oxygen atoms in total. The third-order valence-electron chi connectivity index (χ3n) is 7.86. The molecular weight excluding hydrogens is 462 g/mol. The molecule has 0 saturated carbocycles. The molecule has 0 radical (unpaired) electrons. The number of hydrogen-bond acceptors (Lipinski definition) is 5. The van der Waals surface area contributed by atoms with Crippen molar-refractivity contribution in [1.82, 2.24) is 24.7 Å². The number of hydrogen-bond donors (Lipinski definition) is 1. The minimum absolute atomic E-state index is 0.0868. The summed E-state index contributed by atoms with van der Waals surface area (Å²) in [6.45, 7) is 6.97. The maximum atomic E-state index is 13.4. The lowest BCUT2D eigenvalue weighted by Gasteiger charge is -2.38. The van der Waals surface area contributed by atoms with Crippen LogP contribution in [0.5, 0.6) is 5.75 Å². The average Bonchev–Trinajstić information content (AvgIpc) is 3.52. The Morgan fingerprint density at radius 1 is 1.11 bits per heavy atom. The molecule has 1 N–H and O–H groups in total. The van der Waals surface area contributed by atoms with Crippen LogP contribution in [0.15, 0.2) is 36.7 Å². The smallest absolute Gasteiger partial charge is 0.264 e. The van der Waals surface area contributed by atoms with Crippen LogP contribution in [0.2, 0.25) is 5.02 Å². The molecule has 6 rings (SSSR count). The zero-order chi connectivity index (χ0) is 23.9. The number of likely N-dealkylation sites (tertiary alicyclic amines) is 1. The van der Waals surface area contributed by atoms with E-state index in [4.69, 9.17) is 16.3 Å². The summed E-state index contributed by atoms with van der Waals surface area (Å²) in [5.41, 5.74) is 3.73. The maximum absolute atomic E-state index is 13.4. The van der Waals surface area contributed by atoms with Crippen molar-refractivity contribution in [1.29, 1.82) is 0 Å². The Labute approximate surface area is 211 Å². The first-order valence-corrected chi connectivity index (χ1v) is 13.0. The Morgan fingerprint density at radius 2 is 1.91 bits per heavy atom. The number of benzene rings is 1. The van der Waals surface area contributed by atoms with Gasteiger partial charge in [-0.3, -0.25) is 9.69 Å². The minimum atomic E-state index is -0.494. The molecule has 2 saturated heterocycles. The first-order chi connectivity index (χ1) is 17.0. The van der Waals surface area contributed by atoms with Gasteiger partial charge in [-0.1, -0.05) is 11.6 Å². The maximum Gasteiger partial charge on any atom is 0.264 e. The van der Waals surface area contributed by atoms with E-state index < -0.39 is 6.10 Å². The lowest BCUT2D eigenvalue weighted by atomic mass is 9.96. The molecule has 35 heavy (non-hydrogen) atoms. The monoisotopic (exact) mass is 493 g/mol. The summed E-state index contributed by atoms with van der Waals surface area (Å²) in [5, 5.41) is 1.66. The number of nitrogens with one attached hydrogen (secondary N) is 1. The van der Waals surface area contributed by atoms with E-state index in [0.29, 0.717) is 11.4 Å². The van der Waals surface area contributed by atoms with Crippen LogP contribution in [0.1, 0.15) is 18.4 Å². The molecule has 5 heterocycles. The highest BCUT2D eigenvalue weighted by Crippen LogP contribution is 2.43. The Bertz CT molecular complexity index is 1230. The van der Waals surface area contributed by atoms with Crippen molar-refractivity contribution < 1.29 is 9.53 Å². The number of piperidine rings is 1. The number of pyridine rings is 1. The van der Waals surface area contributed by atoms with Gasteiger partial charge in [0, 0.05) is 73.1 Å². The van der Waals surface area contributed by atoms with E-state index in [1.807, 2.05) is 35.4 Å². The summed E-state index contributed by atoms with van der Waals surface area (Å²) >= 11 is 6.50. The molecule has 3 aliphatic rings. The quantitative estimate of drug-likeness (QED) is 0.600. The summed E-state index contributed by atoms with van der Waals surface area (Å²) in [4.78, 5) is 27.9. The lowest BCUT2D eigenvalue weighted by molar-refractivity contribution is -0.139. The van der Waals surface area contributed by atoms with Gasteiger partial charge in [0.1, 0.15) is 11.4 Å². The van der Waals surface area contributed by atoms with Gasteiger partial charge in [0.2, 0.25) is 0 Å². The average molecular weight is 494 g/mol. The van der Waals surface area contributed by atoms with Gasteiger partial charge >= 0.3 is 0 Å². The molecule has 2 fully saturated rings. The number of amides is 1. The molecule has 1 amide bonds. The van der Waals surface area contributed by atoms with Crippen LogP contribution in [0.4, 0.5) is 0 Å². The zero-order valence-corrected chi connectivity index (χ0v) is 20.9. The number of fused-ring (bicyclic) bond motifs is 2. The number of ether oxygens (including phenoxy) is 1. The van der Waals surface area contributed by atoms with Crippen LogP contribution in [-0.4, -0.2) is 89.5 Å². The van der Waals surface area contributed by atoms with Crippen molar-refractivity contribution in [3.63, 3.8) is 0 Å². The van der Waals surface area contributed by atoms with E-state index in [0.717, 1.165) is 72.1 Å². The zero-order valence-electron chi connectivity index (χ0n) is 20.2.